The summed E-state index contributed by atoms with van der Waals surface area (Å²) in [6.45, 7) is 5.56. The molecule has 2 aliphatic carbocycles. The topological polar surface area (TPSA) is 66.6 Å². The summed E-state index contributed by atoms with van der Waals surface area (Å²) in [6, 6.07) is 0.547. The van der Waals surface area contributed by atoms with Gasteiger partial charge in [-0.05, 0) is 64.2 Å². The maximum absolute atomic E-state index is 13.0. The van der Waals surface area contributed by atoms with E-state index in [4.69, 9.17) is 5.73 Å². The highest BCUT2D eigenvalue weighted by molar-refractivity contribution is 5.85. The number of carbonyl (C=O) groups is 2. The van der Waals surface area contributed by atoms with Crippen molar-refractivity contribution in [3.05, 3.63) is 0 Å². The number of likely N-dealkylation sites (tertiary alicyclic amines) is 1. The van der Waals surface area contributed by atoms with E-state index >= 15 is 0 Å². The SMILES string of the molecule is CC(C)N(C)C(=O)C1CCN(C(=O)C2CC3CCCC(C2)C3N)CC1.Cl. The molecule has 0 aromatic carbocycles. The number of piperidine rings is 1. The van der Waals surface area contributed by atoms with E-state index in [2.05, 4.69) is 0 Å². The third-order valence-corrected chi connectivity index (χ3v) is 7.04. The largest absolute Gasteiger partial charge is 0.343 e. The number of carbonyl (C=O) groups excluding carboxylic acids is 2. The van der Waals surface area contributed by atoms with Crippen LogP contribution in [0.5, 0.6) is 0 Å². The zero-order chi connectivity index (χ0) is 18.1. The van der Waals surface area contributed by atoms with Crippen LogP contribution in [0.2, 0.25) is 0 Å². The summed E-state index contributed by atoms with van der Waals surface area (Å²) in [4.78, 5) is 29.4. The molecule has 0 aromatic rings. The predicted octanol–water partition coefficient (Wildman–Crippen LogP) is 2.67. The molecule has 0 spiro atoms. The summed E-state index contributed by atoms with van der Waals surface area (Å²) >= 11 is 0. The molecule has 1 heterocycles. The molecular weight excluding hydrogens is 350 g/mol. The summed E-state index contributed by atoms with van der Waals surface area (Å²) < 4.78 is 0. The first-order chi connectivity index (χ1) is 11.9. The fourth-order valence-electron chi connectivity index (χ4n) is 5.14. The Kier molecular flexibility index (Phi) is 7.37. The van der Waals surface area contributed by atoms with Crippen molar-refractivity contribution >= 4 is 24.2 Å². The van der Waals surface area contributed by atoms with Gasteiger partial charge in [-0.1, -0.05) is 6.42 Å². The lowest BCUT2D eigenvalue weighted by molar-refractivity contribution is -0.144. The van der Waals surface area contributed by atoms with E-state index in [-0.39, 0.29) is 36.2 Å². The zero-order valence-electron chi connectivity index (χ0n) is 16.5. The minimum Gasteiger partial charge on any atom is -0.343 e. The van der Waals surface area contributed by atoms with Crippen LogP contribution >= 0.6 is 12.4 Å². The summed E-state index contributed by atoms with van der Waals surface area (Å²) in [5.74, 6) is 1.89. The number of rotatable bonds is 3. The summed E-state index contributed by atoms with van der Waals surface area (Å²) in [6.07, 6.45) is 7.23. The van der Waals surface area contributed by atoms with E-state index in [0.717, 1.165) is 38.8 Å². The number of hydrogen-bond acceptors (Lipinski definition) is 3. The van der Waals surface area contributed by atoms with Gasteiger partial charge in [0.05, 0.1) is 0 Å². The van der Waals surface area contributed by atoms with Crippen LogP contribution in [-0.2, 0) is 9.59 Å². The Morgan fingerprint density at radius 1 is 1.00 bits per heavy atom. The van der Waals surface area contributed by atoms with Crippen LogP contribution in [-0.4, -0.2) is 53.8 Å². The second-order valence-electron chi connectivity index (χ2n) is 8.84. The number of hydrogen-bond donors (Lipinski definition) is 1. The van der Waals surface area contributed by atoms with Crippen molar-refractivity contribution in [2.75, 3.05) is 20.1 Å². The van der Waals surface area contributed by atoms with Gasteiger partial charge in [-0.2, -0.15) is 0 Å². The van der Waals surface area contributed by atoms with Crippen LogP contribution < -0.4 is 5.73 Å². The summed E-state index contributed by atoms with van der Waals surface area (Å²) in [5, 5.41) is 0. The van der Waals surface area contributed by atoms with Crippen molar-refractivity contribution in [1.29, 1.82) is 0 Å². The maximum Gasteiger partial charge on any atom is 0.225 e. The van der Waals surface area contributed by atoms with Crippen molar-refractivity contribution in [1.82, 2.24) is 9.80 Å². The van der Waals surface area contributed by atoms with Gasteiger partial charge >= 0.3 is 0 Å². The van der Waals surface area contributed by atoms with Crippen LogP contribution in [0.4, 0.5) is 0 Å². The minimum atomic E-state index is 0. The fourth-order valence-corrected chi connectivity index (χ4v) is 5.14. The van der Waals surface area contributed by atoms with Gasteiger partial charge in [-0.15, -0.1) is 12.4 Å². The molecule has 2 atom stereocenters. The average molecular weight is 386 g/mol. The van der Waals surface area contributed by atoms with Gasteiger partial charge in [0.15, 0.2) is 0 Å². The molecule has 5 nitrogen and oxygen atoms in total. The van der Waals surface area contributed by atoms with Crippen LogP contribution in [0.3, 0.4) is 0 Å². The standard InChI is InChI=1S/C20H35N3O2.ClH/c1-13(2)22(3)19(24)14-7-9-23(10-8-14)20(25)17-11-15-5-4-6-16(12-17)18(15)21;/h13-18H,4-12,21H2,1-3H3;1H. The molecule has 1 aliphatic heterocycles. The van der Waals surface area contributed by atoms with E-state index in [1.54, 1.807) is 0 Å². The first-order valence-electron chi connectivity index (χ1n) is 10.2. The molecule has 3 fully saturated rings. The molecule has 6 heteroatoms. The van der Waals surface area contributed by atoms with Gasteiger partial charge in [0.25, 0.3) is 0 Å². The molecular formula is C20H36ClN3O2. The molecule has 2 bridgehead atoms. The highest BCUT2D eigenvalue weighted by Gasteiger charge is 2.42. The number of amides is 2. The van der Waals surface area contributed by atoms with Crippen molar-refractivity contribution in [3.63, 3.8) is 0 Å². The average Bonchev–Trinajstić information content (AvgIpc) is 2.59. The number of halogens is 1. The van der Waals surface area contributed by atoms with Crippen LogP contribution in [0.1, 0.15) is 58.8 Å². The monoisotopic (exact) mass is 385 g/mol. The normalized spacial score (nSPS) is 32.1. The highest BCUT2D eigenvalue weighted by Crippen LogP contribution is 2.42. The van der Waals surface area contributed by atoms with Gasteiger partial charge in [0.2, 0.25) is 11.8 Å². The van der Waals surface area contributed by atoms with E-state index < -0.39 is 0 Å². The molecule has 0 radical (unpaired) electrons. The molecule has 2 unspecified atom stereocenters. The van der Waals surface area contributed by atoms with E-state index in [1.165, 1.54) is 19.3 Å². The van der Waals surface area contributed by atoms with Gasteiger partial charge in [0, 0.05) is 44.1 Å². The van der Waals surface area contributed by atoms with E-state index in [1.807, 2.05) is 30.7 Å². The molecule has 3 aliphatic rings. The lowest BCUT2D eigenvalue weighted by atomic mass is 9.65. The first kappa shape index (κ1) is 21.5. The smallest absolute Gasteiger partial charge is 0.225 e. The van der Waals surface area contributed by atoms with Crippen molar-refractivity contribution in [3.8, 4) is 0 Å². The van der Waals surface area contributed by atoms with Crippen molar-refractivity contribution < 1.29 is 9.59 Å². The lowest BCUT2D eigenvalue weighted by Gasteiger charge is -2.45. The molecule has 2 amide bonds. The highest BCUT2D eigenvalue weighted by atomic mass is 35.5. The van der Waals surface area contributed by atoms with E-state index in [0.29, 0.717) is 23.8 Å². The fraction of sp³-hybridized carbons (Fsp3) is 0.900. The van der Waals surface area contributed by atoms with Crippen molar-refractivity contribution in [2.45, 2.75) is 70.9 Å². The van der Waals surface area contributed by atoms with E-state index in [9.17, 15) is 9.59 Å². The summed E-state index contributed by atoms with van der Waals surface area (Å²) in [7, 11) is 1.88. The Morgan fingerprint density at radius 2 is 1.54 bits per heavy atom. The Morgan fingerprint density at radius 3 is 2.04 bits per heavy atom. The maximum atomic E-state index is 13.0. The van der Waals surface area contributed by atoms with Gasteiger partial charge in [-0.3, -0.25) is 9.59 Å². The molecule has 150 valence electrons. The van der Waals surface area contributed by atoms with Gasteiger partial charge in [0.1, 0.15) is 0 Å². The number of nitrogens with zero attached hydrogens (tertiary/aromatic N) is 2. The second kappa shape index (κ2) is 8.92. The molecule has 26 heavy (non-hydrogen) atoms. The van der Waals surface area contributed by atoms with Crippen LogP contribution in [0, 0.1) is 23.7 Å². The molecule has 2 N–H and O–H groups in total. The molecule has 3 rings (SSSR count). The first-order valence-corrected chi connectivity index (χ1v) is 10.2. The Labute approximate surface area is 164 Å². The van der Waals surface area contributed by atoms with Crippen molar-refractivity contribution in [2.24, 2.45) is 29.4 Å². The molecule has 1 saturated heterocycles. The third kappa shape index (κ3) is 4.36. The molecule has 0 aromatic heterocycles. The van der Waals surface area contributed by atoms with Crippen LogP contribution in [0.25, 0.3) is 0 Å². The lowest BCUT2D eigenvalue weighted by Crippen LogP contribution is -2.51. The summed E-state index contributed by atoms with van der Waals surface area (Å²) in [5.41, 5.74) is 6.36. The Balaban J connectivity index is 0.00000243. The second-order valence-corrected chi connectivity index (χ2v) is 8.84. The van der Waals surface area contributed by atoms with Crippen LogP contribution in [0.15, 0.2) is 0 Å². The number of fused-ring (bicyclic) bond motifs is 2. The zero-order valence-corrected chi connectivity index (χ0v) is 17.3. The number of nitrogens with two attached hydrogens (primary N) is 1. The molecule has 2 saturated carbocycles. The van der Waals surface area contributed by atoms with Gasteiger partial charge in [-0.25, -0.2) is 0 Å². The third-order valence-electron chi connectivity index (χ3n) is 7.04. The Bertz CT molecular complexity index is 491. The van der Waals surface area contributed by atoms with Gasteiger partial charge < -0.3 is 15.5 Å². The predicted molar refractivity (Wildman–Crippen MR) is 106 cm³/mol. The Hall–Kier alpha value is -0.810. The minimum absolute atomic E-state index is 0. The quantitative estimate of drug-likeness (QED) is 0.812.